The summed E-state index contributed by atoms with van der Waals surface area (Å²) in [6.07, 6.45) is 3.83. The largest absolute Gasteiger partial charge is 0.378 e. The zero-order valence-corrected chi connectivity index (χ0v) is 16.5. The highest BCUT2D eigenvalue weighted by atomic mass is 32.1. The Balaban J connectivity index is 1.51. The number of hydrogen-bond donors (Lipinski definition) is 2. The van der Waals surface area contributed by atoms with Gasteiger partial charge in [0.25, 0.3) is 0 Å². The minimum Gasteiger partial charge on any atom is -0.378 e. The van der Waals surface area contributed by atoms with Crippen molar-refractivity contribution in [1.29, 1.82) is 0 Å². The Morgan fingerprint density at radius 2 is 1.82 bits per heavy atom. The van der Waals surface area contributed by atoms with Gasteiger partial charge in [-0.1, -0.05) is 12.1 Å². The van der Waals surface area contributed by atoms with E-state index in [9.17, 15) is 0 Å². The van der Waals surface area contributed by atoms with Crippen molar-refractivity contribution in [3.8, 4) is 10.4 Å². The predicted octanol–water partition coefficient (Wildman–Crippen LogP) is 6.25. The highest BCUT2D eigenvalue weighted by molar-refractivity contribution is 7.22. The van der Waals surface area contributed by atoms with Crippen LogP contribution in [0.1, 0.15) is 0 Å². The molecule has 4 nitrogen and oxygen atoms in total. The summed E-state index contributed by atoms with van der Waals surface area (Å²) >= 11 is 1.77. The molecule has 2 aromatic carbocycles. The van der Waals surface area contributed by atoms with E-state index < -0.39 is 0 Å². The molecule has 0 atom stereocenters. The topological polar surface area (TPSA) is 44.0 Å². The van der Waals surface area contributed by atoms with Crippen LogP contribution in [0, 0.1) is 0 Å². The van der Waals surface area contributed by atoms with Crippen LogP contribution in [0.25, 0.3) is 31.6 Å². The van der Waals surface area contributed by atoms with Gasteiger partial charge in [0.2, 0.25) is 0 Å². The molecule has 5 rings (SSSR count). The molecule has 3 aromatic heterocycles. The van der Waals surface area contributed by atoms with E-state index >= 15 is 0 Å². The summed E-state index contributed by atoms with van der Waals surface area (Å²) < 4.78 is 1.17. The maximum atomic E-state index is 4.57. The summed E-state index contributed by atoms with van der Waals surface area (Å²) in [4.78, 5) is 11.1. The Hall–Kier alpha value is -3.31. The minimum atomic E-state index is 1.02. The molecule has 0 radical (unpaired) electrons. The zero-order valence-electron chi connectivity index (χ0n) is 15.7. The fraction of sp³-hybridized carbons (Fsp3) is 0.0870. The molecule has 0 spiro atoms. The van der Waals surface area contributed by atoms with Crippen molar-refractivity contribution in [3.63, 3.8) is 0 Å². The summed E-state index contributed by atoms with van der Waals surface area (Å²) in [5.74, 6) is 0. The second kappa shape index (κ2) is 6.69. The lowest BCUT2D eigenvalue weighted by Crippen LogP contribution is -2.07. The Kier molecular flexibility index (Phi) is 4.02. The van der Waals surface area contributed by atoms with Crippen LogP contribution in [0.2, 0.25) is 0 Å². The fourth-order valence-electron chi connectivity index (χ4n) is 3.39. The summed E-state index contributed by atoms with van der Waals surface area (Å²) in [7, 11) is 4.11. The van der Waals surface area contributed by atoms with E-state index in [2.05, 4.69) is 88.9 Å². The van der Waals surface area contributed by atoms with Crippen molar-refractivity contribution in [2.24, 2.45) is 0 Å². The zero-order chi connectivity index (χ0) is 19.1. The molecular formula is C23H20N4S. The van der Waals surface area contributed by atoms with E-state index in [4.69, 9.17) is 0 Å². The molecule has 0 bridgehead atoms. The number of fused-ring (bicyclic) bond motifs is 2. The van der Waals surface area contributed by atoms with Gasteiger partial charge in [0, 0.05) is 53.6 Å². The van der Waals surface area contributed by atoms with E-state index in [1.807, 2.05) is 18.5 Å². The summed E-state index contributed by atoms with van der Waals surface area (Å²) in [5, 5.41) is 4.76. The maximum Gasteiger partial charge on any atom is 0.0837 e. The second-order valence-electron chi connectivity index (χ2n) is 7.03. The first kappa shape index (κ1) is 16.8. The third-order valence-electron chi connectivity index (χ3n) is 4.91. The third kappa shape index (κ3) is 3.00. The first-order valence-electron chi connectivity index (χ1n) is 9.18. The Morgan fingerprint density at radius 1 is 0.964 bits per heavy atom. The fourth-order valence-corrected chi connectivity index (χ4v) is 4.48. The highest BCUT2D eigenvalue weighted by Gasteiger charge is 2.10. The molecule has 0 fully saturated rings. The van der Waals surface area contributed by atoms with Crippen molar-refractivity contribution in [3.05, 3.63) is 73.1 Å². The molecule has 0 saturated heterocycles. The van der Waals surface area contributed by atoms with Crippen molar-refractivity contribution < 1.29 is 0 Å². The molecule has 3 heterocycles. The number of pyridine rings is 1. The van der Waals surface area contributed by atoms with Crippen molar-refractivity contribution in [2.75, 3.05) is 24.3 Å². The SMILES string of the molecule is CN(C)c1ccc(-c2cc3nccc(Nc4ccc5[nH]ccc5c4)c3s2)cc1. The molecule has 0 aliphatic rings. The van der Waals surface area contributed by atoms with Crippen LogP contribution in [0.15, 0.2) is 73.1 Å². The Bertz CT molecular complexity index is 1270. The van der Waals surface area contributed by atoms with Gasteiger partial charge in [-0.3, -0.25) is 4.98 Å². The number of benzene rings is 2. The van der Waals surface area contributed by atoms with E-state index in [-0.39, 0.29) is 0 Å². The molecule has 2 N–H and O–H groups in total. The van der Waals surface area contributed by atoms with Gasteiger partial charge in [-0.15, -0.1) is 11.3 Å². The van der Waals surface area contributed by atoms with E-state index in [1.54, 1.807) is 11.3 Å². The number of thiophene rings is 1. The van der Waals surface area contributed by atoms with Crippen molar-refractivity contribution >= 4 is 49.5 Å². The predicted molar refractivity (Wildman–Crippen MR) is 121 cm³/mol. The highest BCUT2D eigenvalue weighted by Crippen LogP contribution is 2.38. The molecule has 0 aliphatic heterocycles. The monoisotopic (exact) mass is 384 g/mol. The summed E-state index contributed by atoms with van der Waals surface area (Å²) in [6, 6.07) is 21.3. The Labute approximate surface area is 167 Å². The molecule has 5 aromatic rings. The molecule has 0 saturated carbocycles. The smallest absolute Gasteiger partial charge is 0.0837 e. The van der Waals surface area contributed by atoms with Gasteiger partial charge in [0.05, 0.1) is 15.9 Å². The summed E-state index contributed by atoms with van der Waals surface area (Å²) in [5.41, 5.74) is 6.74. The number of nitrogens with one attached hydrogen (secondary N) is 2. The minimum absolute atomic E-state index is 1.02. The molecule has 0 unspecified atom stereocenters. The molecule has 5 heteroatoms. The summed E-state index contributed by atoms with van der Waals surface area (Å²) in [6.45, 7) is 0. The standard InChI is InChI=1S/C23H20N4S/c1-27(2)18-6-3-15(4-7-18)22-14-21-23(28-22)20(10-12-25-21)26-17-5-8-19-16(13-17)9-11-24-19/h3-14,24H,1-2H3,(H,25,26). The van der Waals surface area contributed by atoms with Gasteiger partial charge < -0.3 is 15.2 Å². The first-order valence-corrected chi connectivity index (χ1v) is 9.99. The average Bonchev–Trinajstić information content (AvgIpc) is 3.35. The molecule has 138 valence electrons. The second-order valence-corrected chi connectivity index (χ2v) is 8.08. The number of H-pyrrole nitrogens is 1. The number of aromatic amines is 1. The lowest BCUT2D eigenvalue weighted by Gasteiger charge is -2.12. The van der Waals surface area contributed by atoms with Crippen LogP contribution in [0.5, 0.6) is 0 Å². The van der Waals surface area contributed by atoms with Crippen LogP contribution in [-0.4, -0.2) is 24.1 Å². The Morgan fingerprint density at radius 3 is 2.64 bits per heavy atom. The van der Waals surface area contributed by atoms with Crippen molar-refractivity contribution in [1.82, 2.24) is 9.97 Å². The van der Waals surface area contributed by atoms with Crippen LogP contribution in [-0.2, 0) is 0 Å². The van der Waals surface area contributed by atoms with Crippen molar-refractivity contribution in [2.45, 2.75) is 0 Å². The van der Waals surface area contributed by atoms with Crippen LogP contribution < -0.4 is 10.2 Å². The molecular weight excluding hydrogens is 364 g/mol. The van der Waals surface area contributed by atoms with E-state index in [1.165, 1.54) is 26.2 Å². The molecule has 28 heavy (non-hydrogen) atoms. The number of anilines is 3. The lowest BCUT2D eigenvalue weighted by atomic mass is 10.1. The third-order valence-corrected chi connectivity index (χ3v) is 6.12. The van der Waals surface area contributed by atoms with E-state index in [0.29, 0.717) is 0 Å². The van der Waals surface area contributed by atoms with Gasteiger partial charge in [-0.05, 0) is 54.1 Å². The van der Waals surface area contributed by atoms with Gasteiger partial charge >= 0.3 is 0 Å². The number of aromatic nitrogens is 2. The number of rotatable bonds is 4. The van der Waals surface area contributed by atoms with Gasteiger partial charge in [0.15, 0.2) is 0 Å². The normalized spacial score (nSPS) is 11.2. The molecule has 0 amide bonds. The molecule has 0 aliphatic carbocycles. The van der Waals surface area contributed by atoms with Crippen LogP contribution >= 0.6 is 11.3 Å². The first-order chi connectivity index (χ1) is 13.7. The van der Waals surface area contributed by atoms with E-state index in [0.717, 1.165) is 22.4 Å². The van der Waals surface area contributed by atoms with Gasteiger partial charge in [-0.2, -0.15) is 0 Å². The quantitative estimate of drug-likeness (QED) is 0.385. The van der Waals surface area contributed by atoms with Crippen LogP contribution in [0.4, 0.5) is 17.1 Å². The average molecular weight is 385 g/mol. The number of nitrogens with zero attached hydrogens (tertiary/aromatic N) is 2. The lowest BCUT2D eigenvalue weighted by molar-refractivity contribution is 1.13. The number of hydrogen-bond acceptors (Lipinski definition) is 4. The van der Waals surface area contributed by atoms with Gasteiger partial charge in [0.1, 0.15) is 0 Å². The van der Waals surface area contributed by atoms with Crippen LogP contribution in [0.3, 0.4) is 0 Å². The maximum absolute atomic E-state index is 4.57. The van der Waals surface area contributed by atoms with Gasteiger partial charge in [-0.25, -0.2) is 0 Å².